The molecule has 1 aliphatic heterocycles. The minimum atomic E-state index is -0.502. The number of rotatable bonds is 9. The number of morpholine rings is 1. The Morgan fingerprint density at radius 2 is 1.56 bits per heavy atom. The van der Waals surface area contributed by atoms with Gasteiger partial charge in [-0.25, -0.2) is 0 Å². The topological polar surface area (TPSA) is 113 Å². The van der Waals surface area contributed by atoms with Crippen molar-refractivity contribution in [2.45, 2.75) is 13.2 Å². The van der Waals surface area contributed by atoms with Gasteiger partial charge in [0.1, 0.15) is 13.2 Å². The van der Waals surface area contributed by atoms with Crippen molar-refractivity contribution < 1.29 is 23.7 Å². The summed E-state index contributed by atoms with van der Waals surface area (Å²) in [5, 5.41) is 16.1. The molecule has 0 unspecified atom stereocenters. The first kappa shape index (κ1) is 23.3. The zero-order valence-corrected chi connectivity index (χ0v) is 19.4. The van der Waals surface area contributed by atoms with E-state index in [1.54, 1.807) is 6.07 Å². The Bertz CT molecular complexity index is 1310. The molecule has 1 saturated heterocycles. The van der Waals surface area contributed by atoms with Crippen LogP contribution in [-0.2, 0) is 18.0 Å². The molecule has 0 N–H and O–H groups in total. The van der Waals surface area contributed by atoms with Gasteiger partial charge in [-0.2, -0.15) is 4.98 Å². The highest BCUT2D eigenvalue weighted by molar-refractivity contribution is 5.69. The maximum absolute atomic E-state index is 12.1. The fraction of sp³-hybridized carbons (Fsp3) is 0.231. The molecule has 1 aliphatic rings. The first-order valence-electron chi connectivity index (χ1n) is 11.5. The number of nitro groups is 1. The zero-order chi connectivity index (χ0) is 24.7. The second kappa shape index (κ2) is 10.9. The van der Waals surface area contributed by atoms with E-state index in [1.807, 2.05) is 65.6 Å². The molecule has 184 valence electrons. The van der Waals surface area contributed by atoms with Crippen molar-refractivity contribution in [3.05, 3.63) is 94.0 Å². The third-order valence-electron chi connectivity index (χ3n) is 5.65. The van der Waals surface area contributed by atoms with Crippen LogP contribution in [0.15, 0.2) is 77.3 Å². The van der Waals surface area contributed by atoms with Gasteiger partial charge in [0.15, 0.2) is 5.75 Å². The molecule has 0 spiro atoms. The van der Waals surface area contributed by atoms with E-state index in [1.165, 1.54) is 6.07 Å². The predicted octanol–water partition coefficient (Wildman–Crippen LogP) is 4.64. The van der Waals surface area contributed by atoms with E-state index in [-0.39, 0.29) is 36.3 Å². The monoisotopic (exact) mass is 488 g/mol. The van der Waals surface area contributed by atoms with Gasteiger partial charge < -0.3 is 23.6 Å². The highest BCUT2D eigenvalue weighted by Crippen LogP contribution is 2.42. The summed E-state index contributed by atoms with van der Waals surface area (Å²) < 4.78 is 22.8. The maximum Gasteiger partial charge on any atom is 0.315 e. The minimum Gasteiger partial charge on any atom is -0.485 e. The van der Waals surface area contributed by atoms with E-state index in [2.05, 4.69) is 10.1 Å². The van der Waals surface area contributed by atoms with Crippen molar-refractivity contribution in [3.63, 3.8) is 0 Å². The van der Waals surface area contributed by atoms with Gasteiger partial charge in [-0.05, 0) is 22.3 Å². The maximum atomic E-state index is 12.1. The highest BCUT2D eigenvalue weighted by atomic mass is 16.6. The molecular formula is C26H24N4O6. The van der Waals surface area contributed by atoms with Crippen LogP contribution in [0, 0.1) is 10.1 Å². The van der Waals surface area contributed by atoms with Crippen LogP contribution in [0.4, 0.5) is 11.6 Å². The van der Waals surface area contributed by atoms with Crippen molar-refractivity contribution in [2.75, 3.05) is 31.2 Å². The summed E-state index contributed by atoms with van der Waals surface area (Å²) in [6.07, 6.45) is 0. The van der Waals surface area contributed by atoms with Crippen molar-refractivity contribution in [1.82, 2.24) is 10.1 Å². The molecule has 36 heavy (non-hydrogen) atoms. The largest absolute Gasteiger partial charge is 0.485 e. The molecule has 0 bridgehead atoms. The van der Waals surface area contributed by atoms with Crippen LogP contribution in [-0.4, -0.2) is 41.4 Å². The van der Waals surface area contributed by atoms with Crippen LogP contribution in [0.5, 0.6) is 11.5 Å². The van der Waals surface area contributed by atoms with E-state index in [0.29, 0.717) is 37.8 Å². The molecule has 0 radical (unpaired) electrons. The molecule has 0 atom stereocenters. The molecule has 5 rings (SSSR count). The summed E-state index contributed by atoms with van der Waals surface area (Å²) in [5.74, 6) is 0.812. The smallest absolute Gasteiger partial charge is 0.315 e. The molecule has 4 aromatic rings. The van der Waals surface area contributed by atoms with E-state index in [0.717, 1.165) is 11.1 Å². The molecule has 0 aliphatic carbocycles. The summed E-state index contributed by atoms with van der Waals surface area (Å²) in [7, 11) is 0. The number of aromatic nitrogens is 2. The van der Waals surface area contributed by atoms with E-state index >= 15 is 0 Å². The Hall–Kier alpha value is -4.44. The van der Waals surface area contributed by atoms with Crippen LogP contribution in [0.25, 0.3) is 11.5 Å². The molecular weight excluding hydrogens is 464 g/mol. The van der Waals surface area contributed by atoms with Crippen molar-refractivity contribution >= 4 is 11.6 Å². The summed E-state index contributed by atoms with van der Waals surface area (Å²) in [6.45, 7) is 2.75. The third kappa shape index (κ3) is 5.44. The molecule has 2 heterocycles. The Kier molecular flexibility index (Phi) is 7.04. The Labute approximate surface area is 207 Å². The number of hydrogen-bond acceptors (Lipinski definition) is 9. The average Bonchev–Trinajstić information content (AvgIpc) is 3.43. The van der Waals surface area contributed by atoms with Crippen LogP contribution in [0.2, 0.25) is 0 Å². The summed E-state index contributed by atoms with van der Waals surface area (Å²) >= 11 is 0. The molecule has 0 saturated carbocycles. The predicted molar refractivity (Wildman–Crippen MR) is 131 cm³/mol. The van der Waals surface area contributed by atoms with Gasteiger partial charge in [0.05, 0.1) is 23.7 Å². The number of anilines is 1. The van der Waals surface area contributed by atoms with E-state index < -0.39 is 4.92 Å². The fourth-order valence-corrected chi connectivity index (χ4v) is 3.79. The Morgan fingerprint density at radius 1 is 0.917 bits per heavy atom. The first-order valence-corrected chi connectivity index (χ1v) is 11.5. The minimum absolute atomic E-state index is 0.0384. The number of benzene rings is 3. The van der Waals surface area contributed by atoms with E-state index in [4.69, 9.17) is 18.7 Å². The molecule has 1 fully saturated rings. The third-order valence-corrected chi connectivity index (χ3v) is 5.65. The number of nitrogens with zero attached hydrogens (tertiary/aromatic N) is 4. The normalized spacial score (nSPS) is 13.4. The highest BCUT2D eigenvalue weighted by Gasteiger charge is 2.26. The van der Waals surface area contributed by atoms with Gasteiger partial charge in [0.2, 0.25) is 5.75 Å². The second-order valence-corrected chi connectivity index (χ2v) is 8.13. The SMILES string of the molecule is O=[N+]([O-])c1cc(-c2nc(N3CCOCC3)no2)cc(OCc2ccccc2)c1OCc1ccccc1. The quantitative estimate of drug-likeness (QED) is 0.246. The number of hydrogen-bond donors (Lipinski definition) is 0. The Balaban J connectivity index is 1.49. The van der Waals surface area contributed by atoms with Gasteiger partial charge in [0, 0.05) is 19.2 Å². The summed E-state index contributed by atoms with van der Waals surface area (Å²) in [5.41, 5.74) is 1.89. The Morgan fingerprint density at radius 3 is 2.19 bits per heavy atom. The van der Waals surface area contributed by atoms with Crippen LogP contribution >= 0.6 is 0 Å². The fourth-order valence-electron chi connectivity index (χ4n) is 3.79. The first-order chi connectivity index (χ1) is 17.7. The van der Waals surface area contributed by atoms with Gasteiger partial charge in [0.25, 0.3) is 11.8 Å². The van der Waals surface area contributed by atoms with Gasteiger partial charge in [-0.3, -0.25) is 10.1 Å². The lowest BCUT2D eigenvalue weighted by molar-refractivity contribution is -0.386. The van der Waals surface area contributed by atoms with Crippen molar-refractivity contribution in [1.29, 1.82) is 0 Å². The van der Waals surface area contributed by atoms with Crippen molar-refractivity contribution in [2.24, 2.45) is 0 Å². The zero-order valence-electron chi connectivity index (χ0n) is 19.4. The lowest BCUT2D eigenvalue weighted by Gasteiger charge is -2.24. The van der Waals surface area contributed by atoms with Crippen LogP contribution in [0.3, 0.4) is 0 Å². The summed E-state index contributed by atoms with van der Waals surface area (Å²) in [6, 6.07) is 22.0. The number of nitro benzene ring substituents is 1. The average molecular weight is 489 g/mol. The van der Waals surface area contributed by atoms with Gasteiger partial charge >= 0.3 is 5.69 Å². The second-order valence-electron chi connectivity index (χ2n) is 8.13. The number of ether oxygens (including phenoxy) is 3. The molecule has 0 amide bonds. The summed E-state index contributed by atoms with van der Waals surface area (Å²) in [4.78, 5) is 18.0. The molecule has 3 aromatic carbocycles. The van der Waals surface area contributed by atoms with Crippen LogP contribution < -0.4 is 14.4 Å². The van der Waals surface area contributed by atoms with Gasteiger partial charge in [-0.15, -0.1) is 0 Å². The molecule has 1 aromatic heterocycles. The molecule has 10 nitrogen and oxygen atoms in total. The van der Waals surface area contributed by atoms with Gasteiger partial charge in [-0.1, -0.05) is 60.7 Å². The lowest BCUT2D eigenvalue weighted by atomic mass is 10.1. The lowest BCUT2D eigenvalue weighted by Crippen LogP contribution is -2.36. The molecule has 10 heteroatoms. The van der Waals surface area contributed by atoms with E-state index in [9.17, 15) is 10.1 Å². The van der Waals surface area contributed by atoms with Crippen LogP contribution in [0.1, 0.15) is 11.1 Å². The van der Waals surface area contributed by atoms with Crippen molar-refractivity contribution in [3.8, 4) is 23.0 Å². The standard InChI is InChI=1S/C26H24N4O6/c31-30(32)22-15-21(25-27-26(28-36-25)29-11-13-33-14-12-29)16-23(34-17-19-7-3-1-4-8-19)24(22)35-18-20-9-5-2-6-10-20/h1-10,15-16H,11-14,17-18H2.